The Bertz CT molecular complexity index is 593. The minimum atomic E-state index is -1.87. The lowest BCUT2D eigenvalue weighted by atomic mass is 9.77. The molecule has 31 heavy (non-hydrogen) atoms. The van der Waals surface area contributed by atoms with E-state index in [0.717, 1.165) is 19.3 Å². The van der Waals surface area contributed by atoms with Gasteiger partial charge in [-0.25, -0.2) is 4.79 Å². The quantitative estimate of drug-likeness (QED) is 0.0982. The molecule has 0 saturated carbocycles. The number of hydrogen-bond donors (Lipinski definition) is 2. The third-order valence-corrected chi connectivity index (χ3v) is 5.35. The number of carbonyl (C=O) groups is 3. The van der Waals surface area contributed by atoms with Crippen LogP contribution in [-0.4, -0.2) is 46.8 Å². The second-order valence-corrected chi connectivity index (χ2v) is 7.83. The Kier molecular flexibility index (Phi) is 15.1. The fourth-order valence-electron chi connectivity index (χ4n) is 3.61. The maximum Gasteiger partial charge on any atom is 0.321 e. The third kappa shape index (κ3) is 11.6. The standard InChI is InChI=1S/C23H38O8/c1-4-6-8-12-19(31-18(3)25)14-11-16-23(21(26)27,22(28)29)15-10-7-9-13-20(17-24)30-5-2/h19H,4-16H2,1-3H3,(H,26,27)(H,28,29). The molecule has 8 heteroatoms. The van der Waals surface area contributed by atoms with Crippen molar-refractivity contribution >= 4 is 23.8 Å². The molecule has 0 bridgehead atoms. The van der Waals surface area contributed by atoms with Crippen molar-refractivity contribution in [2.45, 2.75) is 104 Å². The summed E-state index contributed by atoms with van der Waals surface area (Å²) in [6.45, 7) is 5.55. The smallest absolute Gasteiger partial charge is 0.321 e. The fourth-order valence-corrected chi connectivity index (χ4v) is 3.61. The van der Waals surface area contributed by atoms with Crippen LogP contribution in [0.3, 0.4) is 0 Å². The van der Waals surface area contributed by atoms with E-state index in [1.54, 1.807) is 12.9 Å². The van der Waals surface area contributed by atoms with E-state index < -0.39 is 17.4 Å². The Morgan fingerprint density at radius 3 is 2.03 bits per heavy atom. The largest absolute Gasteiger partial charge is 0.487 e. The summed E-state index contributed by atoms with van der Waals surface area (Å²) in [5.74, 6) is -1.12. The number of esters is 1. The Hall–Kier alpha value is -2.34. The summed E-state index contributed by atoms with van der Waals surface area (Å²) in [5.41, 5.74) is -1.87. The number of ether oxygens (including phenoxy) is 2. The van der Waals surface area contributed by atoms with E-state index in [-0.39, 0.29) is 30.7 Å². The SMILES string of the molecule is CCCCCC(CCCC(CCCCCC(=C=O)OCC)(C(=O)O)C(=O)O)OC(C)=O. The van der Waals surface area contributed by atoms with Crippen molar-refractivity contribution in [1.82, 2.24) is 0 Å². The van der Waals surface area contributed by atoms with Crippen LogP contribution in [0.2, 0.25) is 0 Å². The number of carboxylic acid groups (broad SMARTS) is 2. The van der Waals surface area contributed by atoms with Crippen LogP contribution in [0, 0.1) is 5.41 Å². The molecule has 0 fully saturated rings. The predicted molar refractivity (Wildman–Crippen MR) is 115 cm³/mol. The van der Waals surface area contributed by atoms with Crippen molar-refractivity contribution in [2.24, 2.45) is 5.41 Å². The van der Waals surface area contributed by atoms with E-state index in [1.807, 2.05) is 0 Å². The molecule has 0 aromatic carbocycles. The van der Waals surface area contributed by atoms with Gasteiger partial charge in [-0.1, -0.05) is 32.6 Å². The van der Waals surface area contributed by atoms with Gasteiger partial charge in [0.1, 0.15) is 6.10 Å². The van der Waals surface area contributed by atoms with Gasteiger partial charge in [0.05, 0.1) is 6.61 Å². The van der Waals surface area contributed by atoms with Crippen molar-refractivity contribution in [3.63, 3.8) is 0 Å². The van der Waals surface area contributed by atoms with Gasteiger partial charge in [0, 0.05) is 13.3 Å². The Labute approximate surface area is 185 Å². The molecular weight excluding hydrogens is 404 g/mol. The Balaban J connectivity index is 4.82. The Morgan fingerprint density at radius 1 is 0.903 bits per heavy atom. The molecule has 0 aliphatic carbocycles. The summed E-state index contributed by atoms with van der Waals surface area (Å²) >= 11 is 0. The lowest BCUT2D eigenvalue weighted by Gasteiger charge is -2.26. The zero-order valence-corrected chi connectivity index (χ0v) is 19.1. The van der Waals surface area contributed by atoms with Crippen molar-refractivity contribution in [3.05, 3.63) is 5.76 Å². The van der Waals surface area contributed by atoms with Crippen molar-refractivity contribution in [2.75, 3.05) is 6.61 Å². The second-order valence-electron chi connectivity index (χ2n) is 7.83. The summed E-state index contributed by atoms with van der Waals surface area (Å²) in [4.78, 5) is 45.9. The van der Waals surface area contributed by atoms with E-state index in [4.69, 9.17) is 9.47 Å². The van der Waals surface area contributed by atoms with Gasteiger partial charge in [-0.05, 0) is 51.9 Å². The monoisotopic (exact) mass is 442 g/mol. The van der Waals surface area contributed by atoms with Crippen LogP contribution in [0.1, 0.15) is 97.8 Å². The lowest BCUT2D eigenvalue weighted by Crippen LogP contribution is -2.39. The molecule has 0 aromatic rings. The zero-order valence-electron chi connectivity index (χ0n) is 19.1. The normalized spacial score (nSPS) is 12.0. The van der Waals surface area contributed by atoms with E-state index in [0.29, 0.717) is 51.6 Å². The van der Waals surface area contributed by atoms with Gasteiger partial charge in [0.25, 0.3) is 0 Å². The third-order valence-electron chi connectivity index (χ3n) is 5.35. The molecule has 0 rings (SSSR count). The van der Waals surface area contributed by atoms with Crippen LogP contribution >= 0.6 is 0 Å². The highest BCUT2D eigenvalue weighted by atomic mass is 16.5. The first-order valence-electron chi connectivity index (χ1n) is 11.2. The summed E-state index contributed by atoms with van der Waals surface area (Å²) in [5, 5.41) is 19.4. The van der Waals surface area contributed by atoms with Gasteiger partial charge in [-0.3, -0.25) is 14.4 Å². The molecular formula is C23H38O8. The molecule has 0 amide bonds. The van der Waals surface area contributed by atoms with E-state index in [9.17, 15) is 29.4 Å². The van der Waals surface area contributed by atoms with Crippen LogP contribution in [0.25, 0.3) is 0 Å². The highest BCUT2D eigenvalue weighted by Gasteiger charge is 2.45. The first kappa shape index (κ1) is 28.7. The van der Waals surface area contributed by atoms with Crippen LogP contribution in [0.5, 0.6) is 0 Å². The van der Waals surface area contributed by atoms with E-state index in [2.05, 4.69) is 6.92 Å². The van der Waals surface area contributed by atoms with Crippen molar-refractivity contribution in [1.29, 1.82) is 0 Å². The van der Waals surface area contributed by atoms with Gasteiger partial charge in [0.15, 0.2) is 17.1 Å². The molecule has 0 aromatic heterocycles. The summed E-state index contributed by atoms with van der Waals surface area (Å²) in [6, 6.07) is 0. The molecule has 1 atom stereocenters. The van der Waals surface area contributed by atoms with Crippen molar-refractivity contribution < 1.29 is 38.9 Å². The molecule has 0 aliphatic rings. The van der Waals surface area contributed by atoms with Crippen LogP contribution in [-0.2, 0) is 28.7 Å². The minimum absolute atomic E-state index is 0.000501. The molecule has 0 heterocycles. The van der Waals surface area contributed by atoms with E-state index >= 15 is 0 Å². The van der Waals surface area contributed by atoms with Crippen molar-refractivity contribution in [3.8, 4) is 0 Å². The maximum atomic E-state index is 11.9. The Morgan fingerprint density at radius 2 is 1.52 bits per heavy atom. The number of hydrogen-bond acceptors (Lipinski definition) is 6. The number of aliphatic carboxylic acids is 2. The number of rotatable bonds is 19. The summed E-state index contributed by atoms with van der Waals surface area (Å²) in [6.07, 6.45) is 6.02. The van der Waals surface area contributed by atoms with Gasteiger partial charge in [0.2, 0.25) is 0 Å². The van der Waals surface area contributed by atoms with Gasteiger partial charge >= 0.3 is 17.9 Å². The molecule has 0 aliphatic heterocycles. The first-order chi connectivity index (χ1) is 14.7. The molecule has 0 radical (unpaired) electrons. The summed E-state index contributed by atoms with van der Waals surface area (Å²) < 4.78 is 10.4. The number of carbonyl (C=O) groups excluding carboxylic acids is 2. The van der Waals surface area contributed by atoms with Gasteiger partial charge in [-0.2, -0.15) is 0 Å². The van der Waals surface area contributed by atoms with Crippen LogP contribution in [0.4, 0.5) is 0 Å². The van der Waals surface area contributed by atoms with E-state index in [1.165, 1.54) is 6.92 Å². The maximum absolute atomic E-state index is 11.9. The highest BCUT2D eigenvalue weighted by molar-refractivity contribution is 5.98. The molecule has 178 valence electrons. The average molecular weight is 443 g/mol. The molecule has 8 nitrogen and oxygen atoms in total. The highest BCUT2D eigenvalue weighted by Crippen LogP contribution is 2.33. The van der Waals surface area contributed by atoms with Crippen LogP contribution < -0.4 is 0 Å². The predicted octanol–water partition coefficient (Wildman–Crippen LogP) is 4.53. The molecule has 2 N–H and O–H groups in total. The summed E-state index contributed by atoms with van der Waals surface area (Å²) in [7, 11) is 0. The van der Waals surface area contributed by atoms with Gasteiger partial charge < -0.3 is 19.7 Å². The second kappa shape index (κ2) is 16.4. The van der Waals surface area contributed by atoms with Gasteiger partial charge in [-0.15, -0.1) is 0 Å². The van der Waals surface area contributed by atoms with Crippen LogP contribution in [0.15, 0.2) is 5.76 Å². The number of allylic oxidation sites excluding steroid dienone is 1. The minimum Gasteiger partial charge on any atom is -0.487 e. The fraction of sp³-hybridized carbons (Fsp3) is 0.783. The first-order valence-corrected chi connectivity index (χ1v) is 11.2. The molecule has 1 unspecified atom stereocenters. The molecule has 0 saturated heterocycles. The lowest BCUT2D eigenvalue weighted by molar-refractivity contribution is -0.166. The zero-order chi connectivity index (χ0) is 23.7. The number of carboxylic acids is 2. The number of unbranched alkanes of at least 4 members (excludes halogenated alkanes) is 4. The average Bonchev–Trinajstić information content (AvgIpc) is 2.70. The topological polar surface area (TPSA) is 127 Å². The molecule has 0 spiro atoms.